The highest BCUT2D eigenvalue weighted by Crippen LogP contribution is 2.17. The van der Waals surface area contributed by atoms with E-state index in [4.69, 9.17) is 5.84 Å². The lowest BCUT2D eigenvalue weighted by atomic mass is 9.99. The summed E-state index contributed by atoms with van der Waals surface area (Å²) in [5, 5.41) is 1.61. The number of hydrogen-bond donors (Lipinski definition) is 1. The van der Waals surface area contributed by atoms with Crippen molar-refractivity contribution >= 4 is 0 Å². The van der Waals surface area contributed by atoms with Crippen LogP contribution in [0.15, 0.2) is 42.3 Å². The maximum atomic E-state index is 5.59. The van der Waals surface area contributed by atoms with Crippen LogP contribution in [-0.4, -0.2) is 12.1 Å². The van der Waals surface area contributed by atoms with Gasteiger partial charge in [0, 0.05) is 18.7 Å². The van der Waals surface area contributed by atoms with Crippen LogP contribution in [0.5, 0.6) is 0 Å². The molecule has 1 rings (SSSR count). The molecule has 0 saturated carbocycles. The molecule has 0 amide bonds. The normalized spacial score (nSPS) is 21.2. The van der Waals surface area contributed by atoms with Crippen molar-refractivity contribution in [1.29, 1.82) is 0 Å². The first-order valence-corrected chi connectivity index (χ1v) is 3.97. The molecule has 12 heavy (non-hydrogen) atoms. The van der Waals surface area contributed by atoms with Crippen LogP contribution in [0.1, 0.15) is 6.42 Å². The maximum absolute atomic E-state index is 5.59. The molecule has 2 heteroatoms. The molecule has 0 bridgehead atoms. The Bertz CT molecular complexity index is 255. The Morgan fingerprint density at radius 3 is 3.17 bits per heavy atom. The van der Waals surface area contributed by atoms with Crippen LogP contribution in [-0.2, 0) is 0 Å². The lowest BCUT2D eigenvalue weighted by Crippen LogP contribution is -2.25. The second-order valence-electron chi connectivity index (χ2n) is 2.88. The SMILES string of the molecule is C=C=CC1C=C(N(C)N)C=CC1. The molecule has 1 unspecified atom stereocenters. The van der Waals surface area contributed by atoms with E-state index in [0.29, 0.717) is 5.92 Å². The summed E-state index contributed by atoms with van der Waals surface area (Å²) in [5.41, 5.74) is 3.82. The monoisotopic (exact) mass is 162 g/mol. The molecule has 1 atom stereocenters. The van der Waals surface area contributed by atoms with Crippen molar-refractivity contribution in [3.05, 3.63) is 42.3 Å². The van der Waals surface area contributed by atoms with E-state index in [1.165, 1.54) is 0 Å². The molecule has 0 radical (unpaired) electrons. The van der Waals surface area contributed by atoms with E-state index in [0.717, 1.165) is 12.1 Å². The summed E-state index contributed by atoms with van der Waals surface area (Å²) in [4.78, 5) is 0. The van der Waals surface area contributed by atoms with E-state index in [9.17, 15) is 0 Å². The van der Waals surface area contributed by atoms with Crippen molar-refractivity contribution in [1.82, 2.24) is 5.01 Å². The topological polar surface area (TPSA) is 29.3 Å². The van der Waals surface area contributed by atoms with Gasteiger partial charge < -0.3 is 5.01 Å². The van der Waals surface area contributed by atoms with Crippen LogP contribution in [0.2, 0.25) is 0 Å². The van der Waals surface area contributed by atoms with Gasteiger partial charge in [-0.05, 0) is 18.6 Å². The summed E-state index contributed by atoms with van der Waals surface area (Å²) < 4.78 is 0. The minimum absolute atomic E-state index is 0.397. The second kappa shape index (κ2) is 3.96. The molecule has 0 heterocycles. The van der Waals surface area contributed by atoms with Crippen LogP contribution in [0.25, 0.3) is 0 Å². The van der Waals surface area contributed by atoms with E-state index in [2.05, 4.69) is 24.5 Å². The molecule has 1 aliphatic carbocycles. The first kappa shape index (κ1) is 8.85. The van der Waals surface area contributed by atoms with Crippen LogP contribution < -0.4 is 5.84 Å². The van der Waals surface area contributed by atoms with Crippen LogP contribution >= 0.6 is 0 Å². The fraction of sp³-hybridized carbons (Fsp3) is 0.300. The van der Waals surface area contributed by atoms with Crippen molar-refractivity contribution in [3.8, 4) is 0 Å². The Morgan fingerprint density at radius 1 is 1.83 bits per heavy atom. The summed E-state index contributed by atoms with van der Waals surface area (Å²) in [6.45, 7) is 3.55. The number of allylic oxidation sites excluding steroid dienone is 4. The third-order valence-corrected chi connectivity index (χ3v) is 1.82. The molecule has 0 fully saturated rings. The first-order valence-electron chi connectivity index (χ1n) is 3.97. The Kier molecular flexibility index (Phi) is 2.92. The molecular weight excluding hydrogens is 148 g/mol. The van der Waals surface area contributed by atoms with Gasteiger partial charge in [0.2, 0.25) is 0 Å². The molecule has 2 nitrogen and oxygen atoms in total. The summed E-state index contributed by atoms with van der Waals surface area (Å²) in [5.74, 6) is 5.99. The Hall–Kier alpha value is -1.24. The standard InChI is InChI=1S/C10H14N2/c1-3-5-9-6-4-7-10(8-9)12(2)11/h4-5,7-9H,1,6,11H2,2H3. The van der Waals surface area contributed by atoms with Crippen molar-refractivity contribution in [2.24, 2.45) is 11.8 Å². The van der Waals surface area contributed by atoms with Gasteiger partial charge >= 0.3 is 0 Å². The molecule has 0 aromatic carbocycles. The van der Waals surface area contributed by atoms with E-state index in [1.807, 2.05) is 19.2 Å². The van der Waals surface area contributed by atoms with E-state index >= 15 is 0 Å². The highest BCUT2D eigenvalue weighted by atomic mass is 15.4. The molecule has 64 valence electrons. The van der Waals surface area contributed by atoms with Gasteiger partial charge in [0.15, 0.2) is 0 Å². The Labute approximate surface area is 73.3 Å². The van der Waals surface area contributed by atoms with Crippen molar-refractivity contribution in [2.45, 2.75) is 6.42 Å². The minimum Gasteiger partial charge on any atom is -0.314 e. The summed E-state index contributed by atoms with van der Waals surface area (Å²) >= 11 is 0. The third-order valence-electron chi connectivity index (χ3n) is 1.82. The van der Waals surface area contributed by atoms with Gasteiger partial charge in [0.25, 0.3) is 0 Å². The molecule has 2 N–H and O–H groups in total. The van der Waals surface area contributed by atoms with Gasteiger partial charge in [-0.3, -0.25) is 0 Å². The highest BCUT2D eigenvalue weighted by molar-refractivity contribution is 5.24. The number of nitrogens with zero attached hydrogens (tertiary/aromatic N) is 1. The minimum atomic E-state index is 0.397. The number of likely N-dealkylation sites (N-methyl/N-ethyl adjacent to an activating group) is 1. The zero-order chi connectivity index (χ0) is 8.97. The van der Waals surface area contributed by atoms with Crippen LogP contribution in [0, 0.1) is 5.92 Å². The molecule has 0 aromatic heterocycles. The molecule has 0 aliphatic heterocycles. The van der Waals surface area contributed by atoms with Crippen molar-refractivity contribution < 1.29 is 0 Å². The van der Waals surface area contributed by atoms with Gasteiger partial charge in [0.1, 0.15) is 0 Å². The van der Waals surface area contributed by atoms with Gasteiger partial charge in [0.05, 0.1) is 0 Å². The molecule has 1 aliphatic rings. The number of rotatable bonds is 2. The number of hydrogen-bond acceptors (Lipinski definition) is 2. The molecule has 0 saturated heterocycles. The first-order chi connectivity index (χ1) is 5.74. The number of nitrogens with two attached hydrogens (primary N) is 1. The second-order valence-corrected chi connectivity index (χ2v) is 2.88. The van der Waals surface area contributed by atoms with E-state index in [1.54, 1.807) is 5.01 Å². The maximum Gasteiger partial charge on any atom is 0.0477 e. The average Bonchev–Trinajstić information content (AvgIpc) is 2.05. The molecule has 0 spiro atoms. The molecular formula is C10H14N2. The van der Waals surface area contributed by atoms with Crippen LogP contribution in [0.3, 0.4) is 0 Å². The summed E-state index contributed by atoms with van der Waals surface area (Å²) in [7, 11) is 1.83. The van der Waals surface area contributed by atoms with Crippen molar-refractivity contribution in [3.63, 3.8) is 0 Å². The van der Waals surface area contributed by atoms with Gasteiger partial charge in [-0.1, -0.05) is 18.7 Å². The lowest BCUT2D eigenvalue weighted by molar-refractivity contribution is 0.447. The average molecular weight is 162 g/mol. The predicted octanol–water partition coefficient (Wildman–Crippen LogP) is 1.59. The van der Waals surface area contributed by atoms with Crippen molar-refractivity contribution in [2.75, 3.05) is 7.05 Å². The summed E-state index contributed by atoms with van der Waals surface area (Å²) in [6.07, 6.45) is 9.20. The Balaban J connectivity index is 2.75. The van der Waals surface area contributed by atoms with Gasteiger partial charge in [-0.25, -0.2) is 5.84 Å². The third kappa shape index (κ3) is 2.12. The fourth-order valence-corrected chi connectivity index (χ4v) is 1.19. The quantitative estimate of drug-likeness (QED) is 0.379. The number of hydrazine groups is 1. The fourth-order valence-electron chi connectivity index (χ4n) is 1.19. The molecule has 0 aromatic rings. The largest absolute Gasteiger partial charge is 0.314 e. The zero-order valence-electron chi connectivity index (χ0n) is 7.33. The van der Waals surface area contributed by atoms with E-state index in [-0.39, 0.29) is 0 Å². The smallest absolute Gasteiger partial charge is 0.0477 e. The van der Waals surface area contributed by atoms with Crippen LogP contribution in [0.4, 0.5) is 0 Å². The Morgan fingerprint density at radius 2 is 2.58 bits per heavy atom. The van der Waals surface area contributed by atoms with Gasteiger partial charge in [-0.15, -0.1) is 5.73 Å². The van der Waals surface area contributed by atoms with Gasteiger partial charge in [-0.2, -0.15) is 0 Å². The lowest BCUT2D eigenvalue weighted by Gasteiger charge is -2.18. The summed E-state index contributed by atoms with van der Waals surface area (Å²) in [6, 6.07) is 0. The van der Waals surface area contributed by atoms with E-state index < -0.39 is 0 Å². The zero-order valence-corrected chi connectivity index (χ0v) is 7.33. The highest BCUT2D eigenvalue weighted by Gasteiger charge is 2.06. The predicted molar refractivity (Wildman–Crippen MR) is 51.0 cm³/mol.